The average Bonchev–Trinajstić information content (AvgIpc) is 2.97. The van der Waals surface area contributed by atoms with Crippen molar-refractivity contribution in [2.45, 2.75) is 61.9 Å². The van der Waals surface area contributed by atoms with Crippen LogP contribution in [-0.2, 0) is 19.4 Å². The van der Waals surface area contributed by atoms with Crippen LogP contribution in [0.2, 0.25) is 0 Å². The highest BCUT2D eigenvalue weighted by atomic mass is 32.2. The van der Waals surface area contributed by atoms with Gasteiger partial charge in [-0.05, 0) is 44.2 Å². The normalized spacial score (nSPS) is 20.7. The monoisotopic (exact) mass is 537 g/mol. The number of ether oxygens (including phenoxy) is 2. The summed E-state index contributed by atoms with van der Waals surface area (Å²) in [7, 11) is -2.60. The van der Waals surface area contributed by atoms with Gasteiger partial charge in [-0.3, -0.25) is 0 Å². The number of sulfone groups is 1. The van der Waals surface area contributed by atoms with E-state index < -0.39 is 33.5 Å². The summed E-state index contributed by atoms with van der Waals surface area (Å²) >= 11 is 1.37. The van der Waals surface area contributed by atoms with Crippen LogP contribution in [0.15, 0.2) is 52.3 Å². The highest BCUT2D eigenvalue weighted by Gasteiger charge is 2.42. The van der Waals surface area contributed by atoms with E-state index in [4.69, 9.17) is 4.74 Å². The molecule has 0 bridgehead atoms. The van der Waals surface area contributed by atoms with Crippen LogP contribution in [0.25, 0.3) is 0 Å². The maximum atomic E-state index is 14.8. The maximum Gasteiger partial charge on any atom is 0.346 e. The zero-order valence-corrected chi connectivity index (χ0v) is 23.3. The third kappa shape index (κ3) is 5.99. The molecular weight excluding hydrogens is 501 g/mol. The van der Waals surface area contributed by atoms with Crippen LogP contribution < -0.4 is 9.64 Å². The Kier molecular flexibility index (Phi) is 8.98. The van der Waals surface area contributed by atoms with Crippen molar-refractivity contribution in [1.29, 1.82) is 0 Å². The number of anilines is 2. The molecule has 0 spiro atoms. The standard InChI is InChI=1S/C27H36FNO5S2/c1-6-8-14-27(7-2)17-29(20-12-10-9-11-13-20)21-15-23(35-5)22(16-24(21)36(31,32)19-27)34-18-26(3,28)25(30)33-4/h9-13,15-16H,6-8,14,17-19H2,1-5H3/t26-,27?/m1/s1. The number of hydrogen-bond donors (Lipinski definition) is 0. The Morgan fingerprint density at radius 3 is 2.50 bits per heavy atom. The Labute approximate surface area is 218 Å². The molecule has 0 aliphatic carbocycles. The molecule has 2 aromatic rings. The van der Waals surface area contributed by atoms with E-state index in [1.54, 1.807) is 6.07 Å². The molecule has 0 fully saturated rings. The molecule has 198 valence electrons. The van der Waals surface area contributed by atoms with Gasteiger partial charge in [0.15, 0.2) is 9.84 Å². The fourth-order valence-electron chi connectivity index (χ4n) is 4.63. The van der Waals surface area contributed by atoms with Gasteiger partial charge in [0.25, 0.3) is 0 Å². The van der Waals surface area contributed by atoms with Crippen molar-refractivity contribution in [2.24, 2.45) is 5.41 Å². The van der Waals surface area contributed by atoms with Crippen molar-refractivity contribution in [3.05, 3.63) is 42.5 Å². The van der Waals surface area contributed by atoms with Gasteiger partial charge in [0.1, 0.15) is 12.4 Å². The number of thioether (sulfide) groups is 1. The fraction of sp³-hybridized carbons (Fsp3) is 0.519. The quantitative estimate of drug-likeness (QED) is 0.264. The van der Waals surface area contributed by atoms with E-state index in [0.29, 0.717) is 17.1 Å². The molecule has 1 aliphatic heterocycles. The first-order chi connectivity index (χ1) is 17.0. The average molecular weight is 538 g/mol. The number of nitrogens with zero attached hydrogens (tertiary/aromatic N) is 1. The van der Waals surface area contributed by atoms with E-state index in [-0.39, 0.29) is 16.4 Å². The Bertz CT molecular complexity index is 1170. The number of alkyl halides is 1. The van der Waals surface area contributed by atoms with E-state index in [2.05, 4.69) is 23.5 Å². The van der Waals surface area contributed by atoms with E-state index in [1.165, 1.54) is 17.8 Å². The second-order valence-corrected chi connectivity index (χ2v) is 12.4. The summed E-state index contributed by atoms with van der Waals surface area (Å²) in [6.45, 7) is 5.22. The summed E-state index contributed by atoms with van der Waals surface area (Å²) in [5.74, 6) is -0.800. The largest absolute Gasteiger partial charge is 0.488 e. The van der Waals surface area contributed by atoms with E-state index >= 15 is 0 Å². The fourth-order valence-corrected chi connectivity index (χ4v) is 7.35. The van der Waals surface area contributed by atoms with E-state index in [9.17, 15) is 17.6 Å². The van der Waals surface area contributed by atoms with E-state index in [1.807, 2.05) is 36.6 Å². The summed E-state index contributed by atoms with van der Waals surface area (Å²) < 4.78 is 52.8. The Balaban J connectivity index is 2.17. The van der Waals surface area contributed by atoms with Crippen molar-refractivity contribution < 1.29 is 27.1 Å². The number of carbonyl (C=O) groups excluding carboxylic acids is 1. The molecule has 2 atom stereocenters. The molecule has 3 rings (SSSR count). The Hall–Kier alpha value is -2.26. The first-order valence-corrected chi connectivity index (χ1v) is 15.1. The minimum atomic E-state index is -3.71. The van der Waals surface area contributed by atoms with Gasteiger partial charge in [-0.2, -0.15) is 0 Å². The number of para-hydroxylation sites is 1. The summed E-state index contributed by atoms with van der Waals surface area (Å²) in [6, 6.07) is 13.1. The number of benzene rings is 2. The van der Waals surface area contributed by atoms with Gasteiger partial charge in [-0.1, -0.05) is 44.9 Å². The van der Waals surface area contributed by atoms with Crippen LogP contribution in [0, 0.1) is 5.41 Å². The number of halogens is 1. The highest BCUT2D eigenvalue weighted by Crippen LogP contribution is 2.47. The summed E-state index contributed by atoms with van der Waals surface area (Å²) in [5, 5.41) is 0. The number of esters is 1. The molecule has 1 unspecified atom stereocenters. The van der Waals surface area contributed by atoms with Crippen LogP contribution in [0.1, 0.15) is 46.5 Å². The molecule has 0 radical (unpaired) electrons. The molecular formula is C27H36FNO5S2. The minimum Gasteiger partial charge on any atom is -0.488 e. The lowest BCUT2D eigenvalue weighted by Crippen LogP contribution is -2.38. The van der Waals surface area contributed by atoms with Crippen molar-refractivity contribution in [3.8, 4) is 5.75 Å². The predicted octanol–water partition coefficient (Wildman–Crippen LogP) is 6.20. The van der Waals surface area contributed by atoms with Gasteiger partial charge in [0, 0.05) is 23.7 Å². The number of carbonyl (C=O) groups is 1. The van der Waals surface area contributed by atoms with Crippen LogP contribution >= 0.6 is 11.8 Å². The van der Waals surface area contributed by atoms with Crippen molar-refractivity contribution in [3.63, 3.8) is 0 Å². The van der Waals surface area contributed by atoms with Crippen LogP contribution in [0.5, 0.6) is 5.75 Å². The minimum absolute atomic E-state index is 0.0217. The zero-order chi connectivity index (χ0) is 26.6. The van der Waals surface area contributed by atoms with Gasteiger partial charge in [-0.15, -0.1) is 11.8 Å². The van der Waals surface area contributed by atoms with Crippen LogP contribution in [0.4, 0.5) is 15.8 Å². The molecule has 9 heteroatoms. The first-order valence-electron chi connectivity index (χ1n) is 12.2. The maximum absolute atomic E-state index is 14.8. The molecule has 36 heavy (non-hydrogen) atoms. The zero-order valence-electron chi connectivity index (χ0n) is 21.7. The molecule has 1 heterocycles. The molecule has 0 saturated heterocycles. The summed E-state index contributed by atoms with van der Waals surface area (Å²) in [5.41, 5.74) is -1.30. The molecule has 0 N–H and O–H groups in total. The predicted molar refractivity (Wildman–Crippen MR) is 143 cm³/mol. The third-order valence-corrected chi connectivity index (χ3v) is 9.60. The lowest BCUT2D eigenvalue weighted by Gasteiger charge is -2.36. The molecule has 1 aliphatic rings. The SMILES string of the molecule is CCCCC1(CC)CN(c2ccccc2)c2cc(SC)c(OC[C@@](C)(F)C(=O)OC)cc2S(=O)(=O)C1. The second kappa shape index (κ2) is 11.4. The van der Waals surface area contributed by atoms with Crippen molar-refractivity contribution >= 4 is 38.9 Å². The van der Waals surface area contributed by atoms with Gasteiger partial charge in [0.05, 0.1) is 28.3 Å². The summed E-state index contributed by atoms with van der Waals surface area (Å²) in [4.78, 5) is 14.7. The van der Waals surface area contributed by atoms with Crippen molar-refractivity contribution in [1.82, 2.24) is 0 Å². The smallest absolute Gasteiger partial charge is 0.346 e. The number of fused-ring (bicyclic) bond motifs is 1. The lowest BCUT2D eigenvalue weighted by atomic mass is 9.81. The summed E-state index contributed by atoms with van der Waals surface area (Å²) in [6.07, 6.45) is 5.29. The number of unbranched alkanes of at least 4 members (excludes halogenated alkanes) is 1. The van der Waals surface area contributed by atoms with Gasteiger partial charge in [-0.25, -0.2) is 17.6 Å². The molecule has 0 aromatic heterocycles. The number of methoxy groups -OCH3 is 1. The topological polar surface area (TPSA) is 72.9 Å². The molecule has 0 saturated carbocycles. The molecule has 6 nitrogen and oxygen atoms in total. The van der Waals surface area contributed by atoms with Gasteiger partial charge < -0.3 is 14.4 Å². The number of rotatable bonds is 10. The third-order valence-electron chi connectivity index (χ3n) is 6.85. The Morgan fingerprint density at radius 2 is 1.92 bits per heavy atom. The highest BCUT2D eigenvalue weighted by molar-refractivity contribution is 7.98. The lowest BCUT2D eigenvalue weighted by molar-refractivity contribution is -0.155. The first kappa shape index (κ1) is 28.3. The molecule has 2 aromatic carbocycles. The van der Waals surface area contributed by atoms with Crippen molar-refractivity contribution in [2.75, 3.05) is 37.2 Å². The van der Waals surface area contributed by atoms with Gasteiger partial charge >= 0.3 is 5.97 Å². The van der Waals surface area contributed by atoms with E-state index in [0.717, 1.165) is 45.4 Å². The van der Waals surface area contributed by atoms with Gasteiger partial charge in [0.2, 0.25) is 5.67 Å². The molecule has 0 amide bonds. The Morgan fingerprint density at radius 1 is 1.22 bits per heavy atom. The van der Waals surface area contributed by atoms with Crippen LogP contribution in [0.3, 0.4) is 0 Å². The number of hydrogen-bond acceptors (Lipinski definition) is 7. The second-order valence-electron chi connectivity index (χ2n) is 9.59. The van der Waals surface area contributed by atoms with Crippen LogP contribution in [-0.4, -0.2) is 52.3 Å².